The van der Waals surface area contributed by atoms with Crippen LogP contribution in [0.2, 0.25) is 5.02 Å². The van der Waals surface area contributed by atoms with Crippen LogP contribution in [-0.4, -0.2) is 21.6 Å². The van der Waals surface area contributed by atoms with Gasteiger partial charge in [-0.2, -0.15) is 0 Å². The second-order valence-corrected chi connectivity index (χ2v) is 4.97. The van der Waals surface area contributed by atoms with Crippen molar-refractivity contribution in [2.24, 2.45) is 0 Å². The van der Waals surface area contributed by atoms with Gasteiger partial charge in [-0.3, -0.25) is 10.1 Å². The van der Waals surface area contributed by atoms with E-state index in [4.69, 9.17) is 16.1 Å². The van der Waals surface area contributed by atoms with Crippen LogP contribution in [-0.2, 0) is 0 Å². The number of nitrogens with zero attached hydrogens (tertiary/aromatic N) is 4. The van der Waals surface area contributed by atoms with Crippen LogP contribution < -0.4 is 4.90 Å². The van der Waals surface area contributed by atoms with E-state index in [0.29, 0.717) is 12.4 Å². The zero-order chi connectivity index (χ0) is 14.1. The molecule has 0 aliphatic carbocycles. The third-order valence-electron chi connectivity index (χ3n) is 3.33. The SMILES string of the molecule is O=[N+]([O-])c1cc(Cl)cnc1N1CCC[C@H]1c1ccon1. The Labute approximate surface area is 119 Å². The zero-order valence-corrected chi connectivity index (χ0v) is 11.2. The van der Waals surface area contributed by atoms with Crippen LogP contribution in [0.3, 0.4) is 0 Å². The third-order valence-corrected chi connectivity index (χ3v) is 3.54. The summed E-state index contributed by atoms with van der Waals surface area (Å²) in [7, 11) is 0. The van der Waals surface area contributed by atoms with E-state index in [1.807, 2.05) is 4.90 Å². The summed E-state index contributed by atoms with van der Waals surface area (Å²) >= 11 is 5.79. The zero-order valence-electron chi connectivity index (χ0n) is 10.4. The van der Waals surface area contributed by atoms with Gasteiger partial charge in [0, 0.05) is 24.9 Å². The maximum atomic E-state index is 11.2. The summed E-state index contributed by atoms with van der Waals surface area (Å²) in [4.78, 5) is 16.7. The Morgan fingerprint density at radius 1 is 1.55 bits per heavy atom. The molecule has 1 saturated heterocycles. The van der Waals surface area contributed by atoms with Crippen molar-refractivity contribution in [3.05, 3.63) is 45.4 Å². The molecule has 0 saturated carbocycles. The van der Waals surface area contributed by atoms with E-state index in [0.717, 1.165) is 18.5 Å². The van der Waals surface area contributed by atoms with Gasteiger partial charge in [0.05, 0.1) is 16.0 Å². The molecule has 2 aromatic rings. The van der Waals surface area contributed by atoms with Crippen LogP contribution in [0.25, 0.3) is 0 Å². The first kappa shape index (κ1) is 12.9. The van der Waals surface area contributed by atoms with Gasteiger partial charge in [-0.15, -0.1) is 0 Å². The summed E-state index contributed by atoms with van der Waals surface area (Å²) in [5, 5.41) is 15.3. The number of aromatic nitrogens is 2. The molecule has 1 atom stereocenters. The lowest BCUT2D eigenvalue weighted by Crippen LogP contribution is -2.24. The molecule has 0 unspecified atom stereocenters. The molecule has 1 fully saturated rings. The van der Waals surface area contributed by atoms with Crippen LogP contribution in [0.5, 0.6) is 0 Å². The minimum Gasteiger partial charge on any atom is -0.364 e. The van der Waals surface area contributed by atoms with Crippen molar-refractivity contribution in [2.75, 3.05) is 11.4 Å². The largest absolute Gasteiger partial charge is 0.364 e. The molecule has 0 aromatic carbocycles. The van der Waals surface area contributed by atoms with Gasteiger partial charge in [-0.1, -0.05) is 16.8 Å². The minimum absolute atomic E-state index is 0.0545. The molecule has 2 aromatic heterocycles. The molecule has 0 bridgehead atoms. The molecular weight excluding hydrogens is 284 g/mol. The smallest absolute Gasteiger partial charge is 0.313 e. The summed E-state index contributed by atoms with van der Waals surface area (Å²) in [6.07, 6.45) is 4.69. The highest BCUT2D eigenvalue weighted by atomic mass is 35.5. The molecule has 1 aliphatic rings. The standard InChI is InChI=1S/C12H11ClN4O3/c13-8-6-11(17(18)19)12(14-7-8)16-4-1-2-10(16)9-3-5-20-15-9/h3,5-7,10H,1-2,4H2/t10-/m0/s1. The fourth-order valence-electron chi connectivity index (χ4n) is 2.50. The van der Waals surface area contributed by atoms with Gasteiger partial charge in [-0.05, 0) is 12.8 Å². The molecule has 0 radical (unpaired) electrons. The first-order valence-electron chi connectivity index (χ1n) is 6.13. The summed E-state index contributed by atoms with van der Waals surface area (Å²) < 4.78 is 4.86. The summed E-state index contributed by atoms with van der Waals surface area (Å²) in [5.41, 5.74) is 0.668. The lowest BCUT2D eigenvalue weighted by molar-refractivity contribution is -0.384. The number of rotatable bonds is 3. The molecule has 8 heteroatoms. The molecule has 104 valence electrons. The first-order chi connectivity index (χ1) is 9.66. The second-order valence-electron chi connectivity index (χ2n) is 4.53. The van der Waals surface area contributed by atoms with E-state index in [1.165, 1.54) is 18.5 Å². The maximum absolute atomic E-state index is 11.2. The molecular formula is C12H11ClN4O3. The number of nitro groups is 1. The van der Waals surface area contributed by atoms with Crippen molar-refractivity contribution in [1.29, 1.82) is 0 Å². The van der Waals surface area contributed by atoms with Crippen molar-refractivity contribution in [2.45, 2.75) is 18.9 Å². The molecule has 0 amide bonds. The number of pyridine rings is 1. The lowest BCUT2D eigenvalue weighted by atomic mass is 10.1. The first-order valence-corrected chi connectivity index (χ1v) is 6.51. The van der Waals surface area contributed by atoms with Crippen molar-refractivity contribution in [1.82, 2.24) is 10.1 Å². The van der Waals surface area contributed by atoms with Crippen LogP contribution in [0.4, 0.5) is 11.5 Å². The van der Waals surface area contributed by atoms with Crippen LogP contribution >= 0.6 is 11.6 Å². The average molecular weight is 295 g/mol. The molecule has 20 heavy (non-hydrogen) atoms. The second kappa shape index (κ2) is 5.09. The Bertz CT molecular complexity index is 632. The van der Waals surface area contributed by atoms with Crippen molar-refractivity contribution < 1.29 is 9.45 Å². The van der Waals surface area contributed by atoms with Gasteiger partial charge in [-0.25, -0.2) is 4.98 Å². The van der Waals surface area contributed by atoms with Crippen molar-refractivity contribution in [3.8, 4) is 0 Å². The van der Waals surface area contributed by atoms with Gasteiger partial charge in [0.15, 0.2) is 0 Å². The van der Waals surface area contributed by atoms with E-state index < -0.39 is 4.92 Å². The van der Waals surface area contributed by atoms with Gasteiger partial charge in [0.1, 0.15) is 12.0 Å². The fourth-order valence-corrected chi connectivity index (χ4v) is 2.65. The maximum Gasteiger partial charge on any atom is 0.313 e. The van der Waals surface area contributed by atoms with Gasteiger partial charge >= 0.3 is 5.69 Å². The fraction of sp³-hybridized carbons (Fsp3) is 0.333. The topological polar surface area (TPSA) is 85.3 Å². The number of hydrogen-bond donors (Lipinski definition) is 0. The molecule has 7 nitrogen and oxygen atoms in total. The quantitative estimate of drug-likeness (QED) is 0.639. The average Bonchev–Trinajstić information content (AvgIpc) is 3.09. The monoisotopic (exact) mass is 294 g/mol. The molecule has 3 rings (SSSR count). The highest BCUT2D eigenvalue weighted by Gasteiger charge is 2.33. The van der Waals surface area contributed by atoms with Crippen molar-refractivity contribution >= 4 is 23.1 Å². The summed E-state index contributed by atoms with van der Waals surface area (Å²) in [6, 6.07) is 3.04. The Kier molecular flexibility index (Phi) is 3.27. The Morgan fingerprint density at radius 3 is 3.10 bits per heavy atom. The minimum atomic E-state index is -0.466. The summed E-state index contributed by atoms with van der Waals surface area (Å²) in [6.45, 7) is 0.687. The summed E-state index contributed by atoms with van der Waals surface area (Å²) in [5.74, 6) is 0.324. The van der Waals surface area contributed by atoms with Gasteiger partial charge < -0.3 is 9.42 Å². The lowest BCUT2D eigenvalue weighted by Gasteiger charge is -2.23. The Morgan fingerprint density at radius 2 is 2.40 bits per heavy atom. The van der Waals surface area contributed by atoms with Crippen LogP contribution in [0.15, 0.2) is 29.1 Å². The van der Waals surface area contributed by atoms with Gasteiger partial charge in [0.2, 0.25) is 5.82 Å². The molecule has 1 aliphatic heterocycles. The van der Waals surface area contributed by atoms with E-state index >= 15 is 0 Å². The number of halogens is 1. The van der Waals surface area contributed by atoms with E-state index in [9.17, 15) is 10.1 Å². The molecule has 3 heterocycles. The van der Waals surface area contributed by atoms with Crippen LogP contribution in [0.1, 0.15) is 24.6 Å². The highest BCUT2D eigenvalue weighted by molar-refractivity contribution is 6.30. The van der Waals surface area contributed by atoms with E-state index in [2.05, 4.69) is 10.1 Å². The van der Waals surface area contributed by atoms with E-state index in [1.54, 1.807) is 6.07 Å². The Hall–Kier alpha value is -2.15. The highest BCUT2D eigenvalue weighted by Crippen LogP contribution is 2.39. The van der Waals surface area contributed by atoms with Crippen molar-refractivity contribution in [3.63, 3.8) is 0 Å². The van der Waals surface area contributed by atoms with Crippen LogP contribution in [0, 0.1) is 10.1 Å². The van der Waals surface area contributed by atoms with Gasteiger partial charge in [0.25, 0.3) is 0 Å². The predicted octanol–water partition coefficient (Wildman–Crippen LogP) is 2.97. The third kappa shape index (κ3) is 2.20. The normalized spacial score (nSPS) is 18.4. The number of hydrogen-bond acceptors (Lipinski definition) is 6. The molecule has 0 N–H and O–H groups in total. The predicted molar refractivity (Wildman–Crippen MR) is 71.7 cm³/mol. The Balaban J connectivity index is 2.02. The molecule has 0 spiro atoms. The number of anilines is 1. The van der Waals surface area contributed by atoms with E-state index in [-0.39, 0.29) is 16.8 Å².